The second-order valence-corrected chi connectivity index (χ2v) is 5.47. The summed E-state index contributed by atoms with van der Waals surface area (Å²) in [5.74, 6) is 8.46. The first-order valence-corrected chi connectivity index (χ1v) is 7.20. The average Bonchev–Trinajstić information content (AvgIpc) is 3.35. The van der Waals surface area contributed by atoms with Gasteiger partial charge in [0.15, 0.2) is 0 Å². The van der Waals surface area contributed by atoms with Gasteiger partial charge < -0.3 is 10.7 Å². The Morgan fingerprint density at radius 2 is 1.86 bits per heavy atom. The molecule has 1 unspecified atom stereocenters. The van der Waals surface area contributed by atoms with Gasteiger partial charge in [0.1, 0.15) is 17.5 Å². The lowest BCUT2D eigenvalue weighted by molar-refractivity contribution is 0.846. The highest BCUT2D eigenvalue weighted by molar-refractivity contribution is 5.57. The Morgan fingerprint density at radius 3 is 2.48 bits per heavy atom. The van der Waals surface area contributed by atoms with Gasteiger partial charge in [-0.05, 0) is 44.4 Å². The minimum atomic E-state index is 0.138. The van der Waals surface area contributed by atoms with Crippen LogP contribution in [0.25, 0.3) is 0 Å². The molecule has 21 heavy (non-hydrogen) atoms. The number of nitrogens with two attached hydrogens (primary N) is 1. The molecule has 1 atom stereocenters. The van der Waals surface area contributed by atoms with Crippen LogP contribution >= 0.6 is 0 Å². The molecule has 0 saturated heterocycles. The zero-order valence-corrected chi connectivity index (χ0v) is 12.3. The molecule has 0 aliphatic heterocycles. The van der Waals surface area contributed by atoms with Gasteiger partial charge in [-0.1, -0.05) is 0 Å². The molecule has 110 valence electrons. The van der Waals surface area contributed by atoms with Crippen molar-refractivity contribution >= 4 is 11.6 Å². The van der Waals surface area contributed by atoms with Crippen molar-refractivity contribution in [1.29, 1.82) is 0 Å². The molecule has 6 nitrogen and oxygen atoms in total. The molecule has 0 amide bonds. The van der Waals surface area contributed by atoms with Gasteiger partial charge >= 0.3 is 0 Å². The van der Waals surface area contributed by atoms with Gasteiger partial charge in [0.05, 0.1) is 6.04 Å². The Kier molecular flexibility index (Phi) is 3.70. The molecule has 0 radical (unpaired) electrons. The van der Waals surface area contributed by atoms with Crippen molar-refractivity contribution in [2.45, 2.75) is 38.6 Å². The highest BCUT2D eigenvalue weighted by atomic mass is 15.3. The molecule has 4 N–H and O–H groups in total. The van der Waals surface area contributed by atoms with E-state index in [2.05, 4.69) is 32.6 Å². The van der Waals surface area contributed by atoms with E-state index in [1.165, 1.54) is 5.56 Å². The number of rotatable bonds is 5. The van der Waals surface area contributed by atoms with E-state index in [1.54, 1.807) is 12.4 Å². The Labute approximate surface area is 124 Å². The molecule has 0 bridgehead atoms. The lowest BCUT2D eigenvalue weighted by Crippen LogP contribution is -2.16. The van der Waals surface area contributed by atoms with E-state index in [-0.39, 0.29) is 6.04 Å². The maximum absolute atomic E-state index is 5.57. The third-order valence-corrected chi connectivity index (χ3v) is 3.80. The van der Waals surface area contributed by atoms with Crippen molar-refractivity contribution in [1.82, 2.24) is 15.0 Å². The van der Waals surface area contributed by atoms with Gasteiger partial charge in [0.2, 0.25) is 0 Å². The van der Waals surface area contributed by atoms with Crippen molar-refractivity contribution in [3.8, 4) is 0 Å². The quantitative estimate of drug-likeness (QED) is 0.577. The molecule has 1 aliphatic rings. The highest BCUT2D eigenvalue weighted by Crippen LogP contribution is 2.39. The number of nitrogens with zero attached hydrogens (tertiary/aromatic N) is 3. The van der Waals surface area contributed by atoms with Crippen LogP contribution in [0.1, 0.15) is 48.7 Å². The van der Waals surface area contributed by atoms with Crippen LogP contribution in [0, 0.1) is 6.92 Å². The number of hydrogen-bond donors (Lipinski definition) is 3. The molecule has 6 heteroatoms. The van der Waals surface area contributed by atoms with E-state index in [0.29, 0.717) is 11.7 Å². The second kappa shape index (κ2) is 5.65. The molecule has 1 aliphatic carbocycles. The van der Waals surface area contributed by atoms with Crippen LogP contribution in [0.4, 0.5) is 11.6 Å². The van der Waals surface area contributed by atoms with Crippen LogP contribution in [-0.4, -0.2) is 15.0 Å². The summed E-state index contributed by atoms with van der Waals surface area (Å²) in [6.07, 6.45) is 5.91. The minimum Gasteiger partial charge on any atom is -0.363 e. The molecule has 0 spiro atoms. The molecule has 2 aromatic heterocycles. The topological polar surface area (TPSA) is 88.8 Å². The molecule has 1 saturated carbocycles. The monoisotopic (exact) mass is 284 g/mol. The number of nitrogen functional groups attached to an aromatic ring is 1. The smallest absolute Gasteiger partial charge is 0.148 e. The molecule has 2 aromatic rings. The fraction of sp³-hybridized carbons (Fsp3) is 0.400. The predicted molar refractivity (Wildman–Crippen MR) is 82.8 cm³/mol. The van der Waals surface area contributed by atoms with Crippen LogP contribution in [-0.2, 0) is 0 Å². The molecule has 1 fully saturated rings. The normalized spacial score (nSPS) is 15.6. The number of anilines is 2. The van der Waals surface area contributed by atoms with E-state index in [0.717, 1.165) is 30.0 Å². The summed E-state index contributed by atoms with van der Waals surface area (Å²) in [7, 11) is 0. The first-order valence-electron chi connectivity index (χ1n) is 7.20. The predicted octanol–water partition coefficient (Wildman–Crippen LogP) is 2.52. The van der Waals surface area contributed by atoms with Crippen molar-refractivity contribution < 1.29 is 0 Å². The Bertz CT molecular complexity index is 624. The summed E-state index contributed by atoms with van der Waals surface area (Å²) in [4.78, 5) is 13.2. The van der Waals surface area contributed by atoms with Crippen LogP contribution < -0.4 is 16.6 Å². The van der Waals surface area contributed by atoms with E-state index in [9.17, 15) is 0 Å². The fourth-order valence-electron chi connectivity index (χ4n) is 2.28. The number of hydrogen-bond acceptors (Lipinski definition) is 6. The van der Waals surface area contributed by atoms with E-state index < -0.39 is 0 Å². The van der Waals surface area contributed by atoms with Gasteiger partial charge in [-0.2, -0.15) is 0 Å². The maximum Gasteiger partial charge on any atom is 0.148 e. The third-order valence-electron chi connectivity index (χ3n) is 3.80. The number of pyridine rings is 1. The zero-order chi connectivity index (χ0) is 14.8. The average molecular weight is 284 g/mol. The molecular formula is C15H20N6. The lowest BCUT2D eigenvalue weighted by Gasteiger charge is -2.18. The Morgan fingerprint density at radius 1 is 1.19 bits per heavy atom. The fourth-order valence-corrected chi connectivity index (χ4v) is 2.28. The van der Waals surface area contributed by atoms with Gasteiger partial charge in [0.25, 0.3) is 0 Å². The molecule has 2 heterocycles. The van der Waals surface area contributed by atoms with Crippen molar-refractivity contribution in [3.63, 3.8) is 0 Å². The van der Waals surface area contributed by atoms with Crippen LogP contribution in [0.15, 0.2) is 24.5 Å². The Balaban J connectivity index is 1.88. The van der Waals surface area contributed by atoms with E-state index >= 15 is 0 Å². The Hall–Kier alpha value is -2.21. The number of nitrogens with one attached hydrogen (secondary N) is 2. The summed E-state index contributed by atoms with van der Waals surface area (Å²) >= 11 is 0. The maximum atomic E-state index is 5.57. The minimum absolute atomic E-state index is 0.138. The van der Waals surface area contributed by atoms with Crippen LogP contribution in [0.2, 0.25) is 0 Å². The SMILES string of the molecule is Cc1c(NN)nc(C2CC2)nc1NC(C)c1ccncc1. The van der Waals surface area contributed by atoms with Crippen molar-refractivity contribution in [2.24, 2.45) is 5.84 Å². The first kappa shape index (κ1) is 13.8. The molecule has 3 rings (SSSR count). The number of hydrazine groups is 1. The van der Waals surface area contributed by atoms with Crippen molar-refractivity contribution in [2.75, 3.05) is 10.7 Å². The van der Waals surface area contributed by atoms with Crippen LogP contribution in [0.5, 0.6) is 0 Å². The van der Waals surface area contributed by atoms with E-state index in [1.807, 2.05) is 19.1 Å². The number of aromatic nitrogens is 3. The van der Waals surface area contributed by atoms with E-state index in [4.69, 9.17) is 5.84 Å². The summed E-state index contributed by atoms with van der Waals surface area (Å²) in [6, 6.07) is 4.13. The van der Waals surface area contributed by atoms with Gasteiger partial charge in [-0.3, -0.25) is 4.98 Å². The first-order chi connectivity index (χ1) is 10.2. The van der Waals surface area contributed by atoms with Gasteiger partial charge in [0, 0.05) is 23.9 Å². The second-order valence-electron chi connectivity index (χ2n) is 5.47. The summed E-state index contributed by atoms with van der Waals surface area (Å²) in [6.45, 7) is 4.07. The summed E-state index contributed by atoms with van der Waals surface area (Å²) in [5.41, 5.74) is 4.77. The highest BCUT2D eigenvalue weighted by Gasteiger charge is 2.28. The van der Waals surface area contributed by atoms with Gasteiger partial charge in [-0.25, -0.2) is 15.8 Å². The lowest BCUT2D eigenvalue weighted by atomic mass is 10.1. The standard InChI is InChI=1S/C15H20N6/c1-9-13(18-10(2)11-5-7-17-8-6-11)19-15(12-3-4-12)20-14(9)21-16/h5-8,10,12H,3-4,16H2,1-2H3,(H2,18,19,20,21). The largest absolute Gasteiger partial charge is 0.363 e. The summed E-state index contributed by atoms with van der Waals surface area (Å²) < 4.78 is 0. The zero-order valence-electron chi connectivity index (χ0n) is 12.3. The third kappa shape index (κ3) is 2.95. The van der Waals surface area contributed by atoms with Gasteiger partial charge in [-0.15, -0.1) is 0 Å². The van der Waals surface area contributed by atoms with Crippen molar-refractivity contribution in [3.05, 3.63) is 41.5 Å². The summed E-state index contributed by atoms with van der Waals surface area (Å²) in [5, 5.41) is 3.45. The van der Waals surface area contributed by atoms with Crippen LogP contribution in [0.3, 0.4) is 0 Å². The molecular weight excluding hydrogens is 264 g/mol. The molecule has 0 aromatic carbocycles.